The predicted molar refractivity (Wildman–Crippen MR) is 70.4 cm³/mol. The van der Waals surface area contributed by atoms with E-state index < -0.39 is 24.0 Å². The van der Waals surface area contributed by atoms with Crippen LogP contribution in [0.25, 0.3) is 0 Å². The van der Waals surface area contributed by atoms with E-state index in [0.717, 1.165) is 18.4 Å². The normalized spacial score (nSPS) is 16.9. The maximum atomic E-state index is 11.4. The number of alkyl halides is 2. The van der Waals surface area contributed by atoms with Crippen LogP contribution in [-0.4, -0.2) is 27.8 Å². The van der Waals surface area contributed by atoms with E-state index in [4.69, 9.17) is 11.6 Å². The lowest BCUT2D eigenvalue weighted by Crippen LogP contribution is -2.32. The van der Waals surface area contributed by atoms with Crippen molar-refractivity contribution in [2.45, 2.75) is 9.22 Å². The van der Waals surface area contributed by atoms with E-state index in [-0.39, 0.29) is 11.3 Å². The molecule has 100 valence electrons. The van der Waals surface area contributed by atoms with Gasteiger partial charge in [-0.25, -0.2) is 8.42 Å². The van der Waals surface area contributed by atoms with Crippen molar-refractivity contribution in [2.24, 2.45) is 0 Å². The Balaban J connectivity index is 3.12. The molecule has 0 aliphatic rings. The van der Waals surface area contributed by atoms with Crippen LogP contribution < -0.4 is 0 Å². The van der Waals surface area contributed by atoms with Crippen LogP contribution in [0.5, 0.6) is 0 Å². The number of hydrogen-bond donors (Lipinski definition) is 1. The van der Waals surface area contributed by atoms with Crippen LogP contribution in [0.15, 0.2) is 24.3 Å². The summed E-state index contributed by atoms with van der Waals surface area (Å²) in [4.78, 5) is 9.85. The maximum absolute atomic E-state index is 11.4. The van der Waals surface area contributed by atoms with Gasteiger partial charge < -0.3 is 5.11 Å². The minimum Gasteiger partial charge on any atom is -0.385 e. The van der Waals surface area contributed by atoms with Crippen LogP contribution >= 0.6 is 27.5 Å². The van der Waals surface area contributed by atoms with Gasteiger partial charge in [0.15, 0.2) is 9.84 Å². The lowest BCUT2D eigenvalue weighted by molar-refractivity contribution is -0.384. The maximum Gasteiger partial charge on any atom is 0.269 e. The van der Waals surface area contributed by atoms with Crippen molar-refractivity contribution >= 4 is 43.1 Å². The van der Waals surface area contributed by atoms with Crippen LogP contribution in [0.2, 0.25) is 0 Å². The third-order valence-electron chi connectivity index (χ3n) is 2.23. The van der Waals surface area contributed by atoms with Crippen LogP contribution in [0.1, 0.15) is 11.7 Å². The second-order valence-electron chi connectivity index (χ2n) is 3.59. The van der Waals surface area contributed by atoms with Gasteiger partial charge in [-0.3, -0.25) is 10.1 Å². The average Bonchev–Trinajstić information content (AvgIpc) is 2.26. The number of aliphatic hydroxyl groups is 1. The van der Waals surface area contributed by atoms with E-state index in [1.165, 1.54) is 12.1 Å². The van der Waals surface area contributed by atoms with Gasteiger partial charge in [0.1, 0.15) is 6.10 Å². The molecule has 0 bridgehead atoms. The van der Waals surface area contributed by atoms with Crippen molar-refractivity contribution < 1.29 is 18.4 Å². The first-order valence-electron chi connectivity index (χ1n) is 4.57. The van der Waals surface area contributed by atoms with Gasteiger partial charge >= 0.3 is 0 Å². The summed E-state index contributed by atoms with van der Waals surface area (Å²) in [6, 6.07) is 4.79. The fraction of sp³-hybridized carbons (Fsp3) is 0.333. The van der Waals surface area contributed by atoms with Gasteiger partial charge in [0, 0.05) is 18.4 Å². The zero-order valence-electron chi connectivity index (χ0n) is 9.08. The molecule has 0 spiro atoms. The molecule has 6 nitrogen and oxygen atoms in total. The van der Waals surface area contributed by atoms with E-state index in [9.17, 15) is 23.6 Å². The molecule has 0 aromatic heterocycles. The minimum absolute atomic E-state index is 0.151. The Bertz CT molecular complexity index is 557. The smallest absolute Gasteiger partial charge is 0.269 e. The lowest BCUT2D eigenvalue weighted by Gasteiger charge is -2.24. The van der Waals surface area contributed by atoms with Crippen molar-refractivity contribution in [3.63, 3.8) is 0 Å². The molecule has 0 amide bonds. The number of halogens is 2. The molecule has 1 rings (SSSR count). The largest absolute Gasteiger partial charge is 0.385 e. The molecule has 9 heteroatoms. The van der Waals surface area contributed by atoms with Crippen LogP contribution in [-0.2, 0) is 9.84 Å². The Labute approximate surface area is 117 Å². The summed E-state index contributed by atoms with van der Waals surface area (Å²) in [7, 11) is -3.78. The number of benzene rings is 1. The molecule has 0 aliphatic heterocycles. The van der Waals surface area contributed by atoms with Gasteiger partial charge in [-0.1, -0.05) is 11.6 Å². The Morgan fingerprint density at radius 2 is 1.89 bits per heavy atom. The molecule has 0 saturated carbocycles. The molecule has 18 heavy (non-hydrogen) atoms. The van der Waals surface area contributed by atoms with Crippen LogP contribution in [0.4, 0.5) is 5.69 Å². The number of nitro groups is 1. The van der Waals surface area contributed by atoms with E-state index in [1.807, 2.05) is 0 Å². The molecule has 2 atom stereocenters. The SMILES string of the molecule is CS(=O)(=O)[C@@](Cl)(Br)[C@@H](O)c1ccc([N+](=O)[O-])cc1. The fourth-order valence-electron chi connectivity index (χ4n) is 1.18. The standard InChI is InChI=1S/C9H9BrClNO5S/c1-18(16,17)9(10,11)8(13)6-2-4-7(5-3-6)12(14)15/h2-5,8,13H,1H3/t8-,9+/m0/s1. The molecule has 0 aliphatic carbocycles. The molecule has 1 N–H and O–H groups in total. The van der Waals surface area contributed by atoms with Gasteiger partial charge in [-0.15, -0.1) is 0 Å². The van der Waals surface area contributed by atoms with Crippen molar-refractivity contribution in [3.05, 3.63) is 39.9 Å². The Kier molecular flexibility index (Phi) is 4.37. The number of sulfone groups is 1. The highest BCUT2D eigenvalue weighted by molar-refractivity contribution is 9.12. The minimum atomic E-state index is -3.78. The van der Waals surface area contributed by atoms with Gasteiger partial charge in [-0.05, 0) is 33.6 Å². The first-order valence-corrected chi connectivity index (χ1v) is 7.63. The van der Waals surface area contributed by atoms with Crippen LogP contribution in [0.3, 0.4) is 0 Å². The second kappa shape index (κ2) is 5.12. The number of nitro benzene ring substituents is 1. The van der Waals surface area contributed by atoms with Crippen molar-refractivity contribution in [3.8, 4) is 0 Å². The summed E-state index contributed by atoms with van der Waals surface area (Å²) in [5.41, 5.74) is -0.0158. The van der Waals surface area contributed by atoms with E-state index >= 15 is 0 Å². The second-order valence-corrected chi connectivity index (χ2v) is 8.83. The number of rotatable bonds is 4. The summed E-state index contributed by atoms with van der Waals surface area (Å²) in [5, 5.41) is 20.3. The highest BCUT2D eigenvalue weighted by Crippen LogP contribution is 2.42. The van der Waals surface area contributed by atoms with Gasteiger partial charge in [0.05, 0.1) is 4.92 Å². The van der Waals surface area contributed by atoms with Gasteiger partial charge in [0.2, 0.25) is 3.12 Å². The monoisotopic (exact) mass is 357 g/mol. The third-order valence-corrected chi connectivity index (χ3v) is 6.69. The zero-order valence-corrected chi connectivity index (χ0v) is 12.2. The third kappa shape index (κ3) is 3.00. The predicted octanol–water partition coefficient (Wildman–Crippen LogP) is 1.96. The highest BCUT2D eigenvalue weighted by Gasteiger charge is 2.44. The van der Waals surface area contributed by atoms with Crippen molar-refractivity contribution in [1.82, 2.24) is 0 Å². The molecule has 1 aromatic rings. The highest BCUT2D eigenvalue weighted by atomic mass is 79.9. The van der Waals surface area contributed by atoms with Crippen LogP contribution in [0, 0.1) is 10.1 Å². The van der Waals surface area contributed by atoms with Crippen molar-refractivity contribution in [1.29, 1.82) is 0 Å². The molecule has 1 aromatic carbocycles. The first-order chi connectivity index (χ1) is 8.07. The Hall–Kier alpha value is -0.700. The van der Waals surface area contributed by atoms with Gasteiger partial charge in [-0.2, -0.15) is 0 Å². The van der Waals surface area contributed by atoms with E-state index in [2.05, 4.69) is 15.9 Å². The number of aliphatic hydroxyl groups excluding tert-OH is 1. The number of non-ortho nitro benzene ring substituents is 1. The van der Waals surface area contributed by atoms with E-state index in [0.29, 0.717) is 0 Å². The summed E-state index contributed by atoms with van der Waals surface area (Å²) in [5.74, 6) is 0. The Morgan fingerprint density at radius 3 is 2.22 bits per heavy atom. The number of nitrogens with zero attached hydrogens (tertiary/aromatic N) is 1. The summed E-state index contributed by atoms with van der Waals surface area (Å²) >= 11 is 8.49. The topological polar surface area (TPSA) is 97.5 Å². The lowest BCUT2D eigenvalue weighted by atomic mass is 10.1. The quantitative estimate of drug-likeness (QED) is 0.504. The summed E-state index contributed by atoms with van der Waals surface area (Å²) < 4.78 is 20.7. The summed E-state index contributed by atoms with van der Waals surface area (Å²) in [6.07, 6.45) is -0.696. The van der Waals surface area contributed by atoms with Gasteiger partial charge in [0.25, 0.3) is 5.69 Å². The Morgan fingerprint density at radius 1 is 1.44 bits per heavy atom. The summed E-state index contributed by atoms with van der Waals surface area (Å²) in [6.45, 7) is 0. The van der Waals surface area contributed by atoms with Crippen molar-refractivity contribution in [2.75, 3.05) is 6.26 Å². The van der Waals surface area contributed by atoms with E-state index in [1.54, 1.807) is 0 Å². The molecular formula is C9H9BrClNO5S. The fourth-order valence-corrected chi connectivity index (χ4v) is 2.11. The molecule has 0 saturated heterocycles. The molecular weight excluding hydrogens is 350 g/mol. The average molecular weight is 359 g/mol. The molecule has 0 heterocycles. The first kappa shape index (κ1) is 15.4. The molecule has 0 fully saturated rings. The zero-order chi connectivity index (χ0) is 14.1. The number of hydrogen-bond acceptors (Lipinski definition) is 5. The molecule has 0 radical (unpaired) electrons. The molecule has 0 unspecified atom stereocenters.